The Balaban J connectivity index is 1.36. The molecule has 0 amide bonds. The molecule has 1 aliphatic carbocycles. The van der Waals surface area contributed by atoms with Gasteiger partial charge in [0.1, 0.15) is 12.2 Å². The molecule has 0 atom stereocenters. The lowest BCUT2D eigenvalue weighted by Crippen LogP contribution is -2.28. The predicted molar refractivity (Wildman–Crippen MR) is 209 cm³/mol. The first-order chi connectivity index (χ1) is 24.1. The Bertz CT molecular complexity index is 2060. The minimum atomic E-state index is -0.0951. The highest BCUT2D eigenvalue weighted by atomic mass is 15.4. The molecule has 0 bridgehead atoms. The first-order valence-electron chi connectivity index (χ1n) is 18.4. The zero-order chi connectivity index (χ0) is 35.0. The quantitative estimate of drug-likeness (QED) is 0.143. The first-order valence-corrected chi connectivity index (χ1v) is 18.4. The topological polar surface area (TPSA) is 63.0 Å². The van der Waals surface area contributed by atoms with E-state index in [1.807, 2.05) is 28.9 Å². The third-order valence-corrected chi connectivity index (χ3v) is 10.8. The highest BCUT2D eigenvalue weighted by molar-refractivity contribution is 6.03. The van der Waals surface area contributed by atoms with Crippen molar-refractivity contribution >= 4 is 28.5 Å². The Hall–Kier alpha value is -4.97. The number of para-hydroxylation sites is 2. The van der Waals surface area contributed by atoms with Crippen LogP contribution in [0, 0.1) is 0 Å². The number of aromatic nitrogens is 3. The van der Waals surface area contributed by atoms with Gasteiger partial charge in [-0.2, -0.15) is 4.58 Å². The van der Waals surface area contributed by atoms with Crippen LogP contribution in [0.25, 0.3) is 17.0 Å². The van der Waals surface area contributed by atoms with Gasteiger partial charge in [-0.15, -0.1) is 5.10 Å². The maximum atomic E-state index is 6.01. The number of nitrogens with zero attached hydrogens (tertiary/aromatic N) is 5. The molecule has 3 aliphatic rings. The van der Waals surface area contributed by atoms with Crippen molar-refractivity contribution in [3.8, 4) is 11.3 Å². The van der Waals surface area contributed by atoms with Crippen LogP contribution in [0.5, 0.6) is 0 Å². The molecule has 0 fully saturated rings. The van der Waals surface area contributed by atoms with Crippen LogP contribution in [0.3, 0.4) is 0 Å². The summed E-state index contributed by atoms with van der Waals surface area (Å²) in [6.07, 6.45) is 16.8. The average molecular weight is 664 g/mol. The summed E-state index contributed by atoms with van der Waals surface area (Å²) in [5, 5.41) is 9.42. The number of rotatable bonds is 9. The summed E-state index contributed by atoms with van der Waals surface area (Å²) < 4.78 is 4.53. The first kappa shape index (κ1) is 33.5. The minimum Gasteiger partial charge on any atom is -0.399 e. The van der Waals surface area contributed by atoms with Crippen LogP contribution in [0.15, 0.2) is 120 Å². The highest BCUT2D eigenvalue weighted by Crippen LogP contribution is 2.48. The van der Waals surface area contributed by atoms with Gasteiger partial charge in [0.25, 0.3) is 0 Å². The number of nitrogen functional groups attached to an aromatic ring is 1. The maximum absolute atomic E-state index is 6.01. The van der Waals surface area contributed by atoms with E-state index in [1.54, 1.807) is 0 Å². The number of hydrogen-bond acceptors (Lipinski definition) is 4. The summed E-state index contributed by atoms with van der Waals surface area (Å²) in [7, 11) is 0. The van der Waals surface area contributed by atoms with E-state index >= 15 is 0 Å². The lowest BCUT2D eigenvalue weighted by molar-refractivity contribution is -0.437. The molecule has 0 saturated carbocycles. The summed E-state index contributed by atoms with van der Waals surface area (Å²) in [5.41, 5.74) is 20.2. The van der Waals surface area contributed by atoms with E-state index < -0.39 is 0 Å². The summed E-state index contributed by atoms with van der Waals surface area (Å²) >= 11 is 0. The summed E-state index contributed by atoms with van der Waals surface area (Å²) in [6, 6.07) is 25.6. The van der Waals surface area contributed by atoms with Gasteiger partial charge in [-0.3, -0.25) is 0 Å². The predicted octanol–water partition coefficient (Wildman–Crippen LogP) is 9.98. The molecule has 3 heterocycles. The largest absolute Gasteiger partial charge is 0.399 e. The van der Waals surface area contributed by atoms with Crippen LogP contribution in [-0.4, -0.2) is 38.4 Å². The Labute approximate surface area is 298 Å². The van der Waals surface area contributed by atoms with Crippen LogP contribution in [0.4, 0.5) is 17.1 Å². The summed E-state index contributed by atoms with van der Waals surface area (Å²) in [4.78, 5) is 2.52. The molecule has 0 unspecified atom stereocenters. The molecular formula is C44H51N6+. The van der Waals surface area contributed by atoms with Crippen LogP contribution in [0.2, 0.25) is 0 Å². The van der Waals surface area contributed by atoms with Crippen molar-refractivity contribution < 1.29 is 4.58 Å². The van der Waals surface area contributed by atoms with E-state index in [0.717, 1.165) is 67.8 Å². The molecule has 1 aromatic heterocycles. The van der Waals surface area contributed by atoms with E-state index in [9.17, 15) is 0 Å². The molecule has 3 aromatic carbocycles. The van der Waals surface area contributed by atoms with Gasteiger partial charge in [-0.1, -0.05) is 93.6 Å². The van der Waals surface area contributed by atoms with Crippen LogP contribution in [0.1, 0.15) is 84.8 Å². The lowest BCUT2D eigenvalue weighted by atomic mass is 9.81. The molecule has 0 radical (unpaired) electrons. The zero-order valence-corrected chi connectivity index (χ0v) is 30.6. The Morgan fingerprint density at radius 3 is 2.32 bits per heavy atom. The third kappa shape index (κ3) is 5.85. The van der Waals surface area contributed by atoms with Crippen LogP contribution >= 0.6 is 0 Å². The van der Waals surface area contributed by atoms with Gasteiger partial charge in [-0.05, 0) is 80.5 Å². The number of benzene rings is 3. The van der Waals surface area contributed by atoms with Gasteiger partial charge < -0.3 is 10.6 Å². The molecule has 2 N–H and O–H groups in total. The standard InChI is InChI=1S/C44H51N6/c1-7-28-48-38-18-11-9-16-35(38)43(3,4)40(48)26-22-32-14-13-15-33(42(32)50-30-37(46-47-50)31-20-24-34(45)25-21-31)23-27-41-44(5,6)36-17-10-12-19-39(36)49(41)29-8-2/h9-12,16-27,30H,7-8,13-15,28-29,45H2,1-6H3/q+1. The molecule has 50 heavy (non-hydrogen) atoms. The Morgan fingerprint density at radius 2 is 1.56 bits per heavy atom. The van der Waals surface area contributed by atoms with Gasteiger partial charge in [0.2, 0.25) is 5.69 Å². The molecule has 6 nitrogen and oxygen atoms in total. The second-order valence-electron chi connectivity index (χ2n) is 14.9. The Morgan fingerprint density at radius 1 is 0.820 bits per heavy atom. The molecule has 2 aliphatic heterocycles. The second kappa shape index (κ2) is 13.4. The number of nitrogens with two attached hydrogens (primary N) is 1. The lowest BCUT2D eigenvalue weighted by Gasteiger charge is -2.27. The number of anilines is 2. The van der Waals surface area contributed by atoms with Crippen molar-refractivity contribution in [3.63, 3.8) is 0 Å². The molecule has 0 spiro atoms. The fourth-order valence-electron chi connectivity index (χ4n) is 8.26. The van der Waals surface area contributed by atoms with E-state index in [0.29, 0.717) is 0 Å². The van der Waals surface area contributed by atoms with Crippen molar-refractivity contribution in [1.82, 2.24) is 15.0 Å². The van der Waals surface area contributed by atoms with Crippen LogP contribution < -0.4 is 10.6 Å². The van der Waals surface area contributed by atoms with Gasteiger partial charge in [0.15, 0.2) is 5.71 Å². The van der Waals surface area contributed by atoms with Crippen molar-refractivity contribution in [3.05, 3.63) is 131 Å². The molecule has 256 valence electrons. The van der Waals surface area contributed by atoms with E-state index in [1.165, 1.54) is 45.1 Å². The molecule has 0 saturated heterocycles. The second-order valence-corrected chi connectivity index (χ2v) is 14.9. The van der Waals surface area contributed by atoms with Crippen LogP contribution in [-0.2, 0) is 10.8 Å². The Kier molecular flexibility index (Phi) is 8.98. The third-order valence-electron chi connectivity index (χ3n) is 10.8. The number of fused-ring (bicyclic) bond motifs is 2. The van der Waals surface area contributed by atoms with E-state index in [2.05, 4.69) is 135 Å². The van der Waals surface area contributed by atoms with Gasteiger partial charge >= 0.3 is 0 Å². The minimum absolute atomic E-state index is 0.0951. The number of hydrogen-bond donors (Lipinski definition) is 1. The summed E-state index contributed by atoms with van der Waals surface area (Å²) in [5.74, 6) is 0. The van der Waals surface area contributed by atoms with Gasteiger partial charge in [0.05, 0.1) is 17.3 Å². The molecule has 4 aromatic rings. The van der Waals surface area contributed by atoms with Crippen molar-refractivity contribution in [2.75, 3.05) is 23.7 Å². The van der Waals surface area contributed by atoms with Crippen molar-refractivity contribution in [2.45, 2.75) is 84.5 Å². The van der Waals surface area contributed by atoms with E-state index in [4.69, 9.17) is 10.9 Å². The maximum Gasteiger partial charge on any atom is 0.209 e. The highest BCUT2D eigenvalue weighted by Gasteiger charge is 2.44. The normalized spacial score (nSPS) is 19.7. The van der Waals surface area contributed by atoms with Crippen molar-refractivity contribution in [1.29, 1.82) is 0 Å². The summed E-state index contributed by atoms with van der Waals surface area (Å²) in [6.45, 7) is 15.9. The fraction of sp³-hybridized carbons (Fsp3) is 0.341. The smallest absolute Gasteiger partial charge is 0.209 e. The molecular weight excluding hydrogens is 613 g/mol. The molecule has 7 rings (SSSR count). The number of allylic oxidation sites excluding steroid dienone is 8. The molecule has 6 heteroatoms. The average Bonchev–Trinajstić information content (AvgIpc) is 3.74. The van der Waals surface area contributed by atoms with E-state index in [-0.39, 0.29) is 10.8 Å². The van der Waals surface area contributed by atoms with Gasteiger partial charge in [-0.25, -0.2) is 4.68 Å². The van der Waals surface area contributed by atoms with Crippen molar-refractivity contribution in [2.24, 2.45) is 0 Å². The zero-order valence-electron chi connectivity index (χ0n) is 30.6. The SMILES string of the molecule is CCCN1/C(=C/C=C2\CCCC(/C=C/C3=[N+](CCC)c4ccccc4C3(C)C)=C2n2cc(-c3ccc(N)cc3)nn2)C(C)(C)c2ccccc21. The monoisotopic (exact) mass is 663 g/mol. The van der Waals surface area contributed by atoms with Gasteiger partial charge in [0, 0.05) is 58.7 Å². The fourth-order valence-corrected chi connectivity index (χ4v) is 8.26.